The van der Waals surface area contributed by atoms with Crippen molar-refractivity contribution in [2.45, 2.75) is 6.92 Å². The fourth-order valence-corrected chi connectivity index (χ4v) is 2.22. The fourth-order valence-electron chi connectivity index (χ4n) is 2.22. The van der Waals surface area contributed by atoms with Crippen LogP contribution in [-0.4, -0.2) is 50.7 Å². The van der Waals surface area contributed by atoms with Crippen molar-refractivity contribution in [3.05, 3.63) is 23.8 Å². The van der Waals surface area contributed by atoms with Gasteiger partial charge in [-0.25, -0.2) is 4.98 Å². The maximum absolute atomic E-state index is 8.66. The molecule has 0 atom stereocenters. The molecule has 2 rings (SSSR count). The highest BCUT2D eigenvalue weighted by Crippen LogP contribution is 2.32. The highest BCUT2D eigenvalue weighted by molar-refractivity contribution is 5.90. The summed E-state index contributed by atoms with van der Waals surface area (Å²) in [4.78, 5) is 4.60. The third-order valence-electron chi connectivity index (χ3n) is 3.30. The summed E-state index contributed by atoms with van der Waals surface area (Å²) in [5.41, 5.74) is 1.88. The number of aryl methyl sites for hydroxylation is 1. The summed E-state index contributed by atoms with van der Waals surface area (Å²) in [7, 11) is 3.25. The second kappa shape index (κ2) is 7.82. The third kappa shape index (κ3) is 3.78. The first-order valence-corrected chi connectivity index (χ1v) is 7.15. The van der Waals surface area contributed by atoms with Crippen LogP contribution >= 0.6 is 0 Å². The lowest BCUT2D eigenvalue weighted by Crippen LogP contribution is -2.12. The number of rotatable bonds is 8. The summed E-state index contributed by atoms with van der Waals surface area (Å²) < 4.78 is 15.9. The van der Waals surface area contributed by atoms with Crippen molar-refractivity contribution >= 4 is 16.7 Å². The second-order valence-corrected chi connectivity index (χ2v) is 4.81. The minimum absolute atomic E-state index is 0.0341. The summed E-state index contributed by atoms with van der Waals surface area (Å²) in [6, 6.07) is 5.75. The van der Waals surface area contributed by atoms with Crippen LogP contribution in [0.25, 0.3) is 10.9 Å². The minimum atomic E-state index is 0.0341. The molecule has 0 radical (unpaired) electrons. The van der Waals surface area contributed by atoms with E-state index in [4.69, 9.17) is 19.3 Å². The number of benzene rings is 1. The lowest BCUT2D eigenvalue weighted by atomic mass is 10.1. The van der Waals surface area contributed by atoms with Gasteiger partial charge in [0, 0.05) is 18.0 Å². The van der Waals surface area contributed by atoms with Gasteiger partial charge in [0.25, 0.3) is 0 Å². The highest BCUT2D eigenvalue weighted by Gasteiger charge is 2.10. The predicted octanol–water partition coefficient (Wildman–Crippen LogP) is 1.98. The van der Waals surface area contributed by atoms with Gasteiger partial charge in [-0.05, 0) is 24.6 Å². The third-order valence-corrected chi connectivity index (χ3v) is 3.30. The van der Waals surface area contributed by atoms with E-state index in [1.54, 1.807) is 14.2 Å². The van der Waals surface area contributed by atoms with Gasteiger partial charge in [0.2, 0.25) is 0 Å². The van der Waals surface area contributed by atoms with Gasteiger partial charge in [0.1, 0.15) is 22.8 Å². The molecule has 0 aliphatic carbocycles. The molecule has 6 heteroatoms. The molecule has 0 saturated carbocycles. The molecule has 0 spiro atoms. The number of aliphatic hydroxyl groups is 1. The topological polar surface area (TPSA) is 72.8 Å². The number of nitrogens with one attached hydrogen (secondary N) is 1. The summed E-state index contributed by atoms with van der Waals surface area (Å²) in [5.74, 6) is 2.19. The van der Waals surface area contributed by atoms with E-state index in [1.165, 1.54) is 0 Å². The first kappa shape index (κ1) is 16.3. The quantitative estimate of drug-likeness (QED) is 0.727. The van der Waals surface area contributed by atoms with Gasteiger partial charge in [-0.15, -0.1) is 0 Å². The van der Waals surface area contributed by atoms with Crippen LogP contribution in [0.4, 0.5) is 5.82 Å². The number of anilines is 1. The van der Waals surface area contributed by atoms with E-state index >= 15 is 0 Å². The van der Waals surface area contributed by atoms with Crippen molar-refractivity contribution in [3.8, 4) is 11.5 Å². The average Bonchev–Trinajstić information content (AvgIpc) is 2.54. The second-order valence-electron chi connectivity index (χ2n) is 4.81. The summed E-state index contributed by atoms with van der Waals surface area (Å²) in [6.45, 7) is 3.54. The summed E-state index contributed by atoms with van der Waals surface area (Å²) in [5, 5.41) is 12.9. The van der Waals surface area contributed by atoms with Gasteiger partial charge in [-0.3, -0.25) is 0 Å². The Morgan fingerprint density at radius 3 is 2.64 bits per heavy atom. The molecule has 2 aromatic rings. The van der Waals surface area contributed by atoms with Gasteiger partial charge >= 0.3 is 0 Å². The van der Waals surface area contributed by atoms with Crippen molar-refractivity contribution in [1.29, 1.82) is 0 Å². The number of ether oxygens (including phenoxy) is 3. The van der Waals surface area contributed by atoms with E-state index in [0.717, 1.165) is 28.0 Å². The Hall–Kier alpha value is -2.05. The lowest BCUT2D eigenvalue weighted by Gasteiger charge is -2.13. The van der Waals surface area contributed by atoms with Crippen molar-refractivity contribution in [2.24, 2.45) is 0 Å². The Bertz CT molecular complexity index is 631. The zero-order chi connectivity index (χ0) is 15.9. The van der Waals surface area contributed by atoms with Crippen molar-refractivity contribution < 1.29 is 19.3 Å². The number of fused-ring (bicyclic) bond motifs is 1. The number of methoxy groups -OCH3 is 2. The normalized spacial score (nSPS) is 10.7. The Morgan fingerprint density at radius 2 is 1.95 bits per heavy atom. The zero-order valence-electron chi connectivity index (χ0n) is 13.2. The number of nitrogens with zero attached hydrogens (tertiary/aromatic N) is 1. The minimum Gasteiger partial charge on any atom is -0.497 e. The van der Waals surface area contributed by atoms with Gasteiger partial charge in [0.15, 0.2) is 0 Å². The Labute approximate surface area is 130 Å². The van der Waals surface area contributed by atoms with Crippen molar-refractivity contribution in [3.63, 3.8) is 0 Å². The van der Waals surface area contributed by atoms with Gasteiger partial charge in [-0.1, -0.05) is 0 Å². The first-order chi connectivity index (χ1) is 10.7. The Morgan fingerprint density at radius 1 is 1.14 bits per heavy atom. The molecule has 6 nitrogen and oxygen atoms in total. The van der Waals surface area contributed by atoms with Crippen LogP contribution < -0.4 is 14.8 Å². The summed E-state index contributed by atoms with van der Waals surface area (Å²) >= 11 is 0. The largest absolute Gasteiger partial charge is 0.497 e. The molecule has 0 fully saturated rings. The maximum atomic E-state index is 8.66. The van der Waals surface area contributed by atoms with Crippen molar-refractivity contribution in [2.75, 3.05) is 45.9 Å². The number of aliphatic hydroxyl groups excluding tert-OH is 1. The van der Waals surface area contributed by atoms with Gasteiger partial charge < -0.3 is 24.6 Å². The molecule has 0 aliphatic heterocycles. The Balaban J connectivity index is 2.23. The van der Waals surface area contributed by atoms with Gasteiger partial charge in [0.05, 0.1) is 34.0 Å². The van der Waals surface area contributed by atoms with Crippen LogP contribution in [0.1, 0.15) is 5.56 Å². The summed E-state index contributed by atoms with van der Waals surface area (Å²) in [6.07, 6.45) is 0. The molecule has 1 heterocycles. The lowest BCUT2D eigenvalue weighted by molar-refractivity contribution is 0.0992. The van der Waals surface area contributed by atoms with Crippen LogP contribution in [0.3, 0.4) is 0 Å². The standard InChI is InChI=1S/C16H22N2O4/c1-11-8-15(17-4-6-22-7-5-19)18-16-13(11)9-12(20-2)10-14(16)21-3/h8-10,19H,4-7H2,1-3H3,(H,17,18). The molecule has 0 saturated heterocycles. The van der Waals surface area contributed by atoms with E-state index in [9.17, 15) is 0 Å². The molecule has 1 aromatic heterocycles. The number of pyridine rings is 1. The van der Waals surface area contributed by atoms with Crippen LogP contribution in [0, 0.1) is 6.92 Å². The molecular weight excluding hydrogens is 284 g/mol. The van der Waals surface area contributed by atoms with Crippen LogP contribution in [0.5, 0.6) is 11.5 Å². The molecule has 22 heavy (non-hydrogen) atoms. The zero-order valence-corrected chi connectivity index (χ0v) is 13.2. The Kier molecular flexibility index (Phi) is 5.80. The smallest absolute Gasteiger partial charge is 0.148 e. The predicted molar refractivity (Wildman–Crippen MR) is 86.0 cm³/mol. The molecule has 2 N–H and O–H groups in total. The number of hydrogen-bond acceptors (Lipinski definition) is 6. The molecule has 0 aliphatic rings. The maximum Gasteiger partial charge on any atom is 0.148 e. The van der Waals surface area contributed by atoms with Crippen LogP contribution in [0.2, 0.25) is 0 Å². The van der Waals surface area contributed by atoms with Crippen LogP contribution in [-0.2, 0) is 4.74 Å². The molecule has 0 amide bonds. The van der Waals surface area contributed by atoms with E-state index in [2.05, 4.69) is 10.3 Å². The molecule has 120 valence electrons. The fraction of sp³-hybridized carbons (Fsp3) is 0.438. The molecule has 0 bridgehead atoms. The van der Waals surface area contributed by atoms with Crippen molar-refractivity contribution in [1.82, 2.24) is 4.98 Å². The molecule has 0 unspecified atom stereocenters. The monoisotopic (exact) mass is 306 g/mol. The molecule has 1 aromatic carbocycles. The first-order valence-electron chi connectivity index (χ1n) is 7.15. The average molecular weight is 306 g/mol. The SMILES string of the molecule is COc1cc(OC)c2nc(NCCOCCO)cc(C)c2c1. The van der Waals surface area contributed by atoms with Crippen LogP contribution in [0.15, 0.2) is 18.2 Å². The molecular formula is C16H22N2O4. The number of aromatic nitrogens is 1. The number of hydrogen-bond donors (Lipinski definition) is 2. The van der Waals surface area contributed by atoms with Gasteiger partial charge in [-0.2, -0.15) is 0 Å². The van der Waals surface area contributed by atoms with E-state index in [-0.39, 0.29) is 6.61 Å². The van der Waals surface area contributed by atoms with E-state index < -0.39 is 0 Å². The highest BCUT2D eigenvalue weighted by atomic mass is 16.5. The van der Waals surface area contributed by atoms with E-state index in [0.29, 0.717) is 25.5 Å². The van der Waals surface area contributed by atoms with E-state index in [1.807, 2.05) is 25.1 Å².